The van der Waals surface area contributed by atoms with Crippen LogP contribution in [0.2, 0.25) is 0 Å². The summed E-state index contributed by atoms with van der Waals surface area (Å²) in [5.74, 6) is 8.20. The van der Waals surface area contributed by atoms with Crippen LogP contribution in [0.15, 0.2) is 0 Å². The Kier molecular flexibility index (Phi) is 7.26. The van der Waals surface area contributed by atoms with Gasteiger partial charge in [0.25, 0.3) is 0 Å². The first-order valence-electron chi connectivity index (χ1n) is 12.3. The van der Waals surface area contributed by atoms with Crippen molar-refractivity contribution < 1.29 is 18.9 Å². The van der Waals surface area contributed by atoms with E-state index in [1.54, 1.807) is 20.6 Å². The molecule has 0 N–H and O–H groups in total. The van der Waals surface area contributed by atoms with Gasteiger partial charge in [0.15, 0.2) is 0 Å². The van der Waals surface area contributed by atoms with Gasteiger partial charge in [0, 0.05) is 14.2 Å². The van der Waals surface area contributed by atoms with Gasteiger partial charge in [0.2, 0.25) is 0 Å². The van der Waals surface area contributed by atoms with Crippen molar-refractivity contribution in [3.8, 4) is 0 Å². The zero-order valence-electron chi connectivity index (χ0n) is 19.3. The highest BCUT2D eigenvalue weighted by atomic mass is 16.6. The summed E-state index contributed by atoms with van der Waals surface area (Å²) < 4.78 is 21.2. The average Bonchev–Trinajstić information content (AvgIpc) is 3.05. The summed E-state index contributed by atoms with van der Waals surface area (Å²) in [6, 6.07) is 0. The monoisotopic (exact) mass is 408 g/mol. The van der Waals surface area contributed by atoms with Crippen LogP contribution < -0.4 is 0 Å². The van der Waals surface area contributed by atoms with Crippen LogP contribution in [0.4, 0.5) is 0 Å². The quantitative estimate of drug-likeness (QED) is 0.406. The molecule has 29 heavy (non-hydrogen) atoms. The summed E-state index contributed by atoms with van der Waals surface area (Å²) >= 11 is 0. The maximum atomic E-state index is 6.28. The fourth-order valence-corrected chi connectivity index (χ4v) is 7.80. The second-order valence-corrected chi connectivity index (χ2v) is 10.6. The van der Waals surface area contributed by atoms with E-state index in [9.17, 15) is 0 Å². The van der Waals surface area contributed by atoms with Gasteiger partial charge in [-0.1, -0.05) is 26.7 Å². The zero-order chi connectivity index (χ0) is 20.5. The average molecular weight is 409 g/mol. The number of methoxy groups -OCH3 is 2. The van der Waals surface area contributed by atoms with Gasteiger partial charge in [-0.25, -0.2) is 0 Å². The van der Waals surface area contributed by atoms with Gasteiger partial charge in [0.1, 0.15) is 6.10 Å². The van der Waals surface area contributed by atoms with E-state index >= 15 is 0 Å². The zero-order valence-corrected chi connectivity index (χ0v) is 19.3. The number of epoxide rings is 1. The molecule has 5 fully saturated rings. The summed E-state index contributed by atoms with van der Waals surface area (Å²) in [4.78, 5) is 0. The van der Waals surface area contributed by atoms with Crippen LogP contribution in [0.25, 0.3) is 0 Å². The molecule has 0 amide bonds. The normalized spacial score (nSPS) is 47.1. The lowest BCUT2D eigenvalue weighted by Gasteiger charge is -2.44. The first-order valence-corrected chi connectivity index (χ1v) is 12.3. The third-order valence-corrected chi connectivity index (χ3v) is 9.10. The fraction of sp³-hybridized carbons (Fsp3) is 1.00. The van der Waals surface area contributed by atoms with Crippen molar-refractivity contribution in [2.45, 2.75) is 77.6 Å². The summed E-state index contributed by atoms with van der Waals surface area (Å²) in [6.45, 7) is 9.38. The van der Waals surface area contributed by atoms with E-state index in [2.05, 4.69) is 13.8 Å². The lowest BCUT2D eigenvalue weighted by molar-refractivity contribution is -0.0491. The molecule has 5 aliphatic rings. The van der Waals surface area contributed by atoms with E-state index in [-0.39, 0.29) is 6.10 Å². The molecule has 4 bridgehead atoms. The summed E-state index contributed by atoms with van der Waals surface area (Å²) in [6.07, 6.45) is 10.0. The van der Waals surface area contributed by atoms with Crippen molar-refractivity contribution in [1.82, 2.24) is 0 Å². The van der Waals surface area contributed by atoms with E-state index in [0.717, 1.165) is 60.6 Å². The molecule has 0 spiro atoms. The first-order chi connectivity index (χ1) is 14.1. The third kappa shape index (κ3) is 4.42. The highest BCUT2D eigenvalue weighted by Gasteiger charge is 2.66. The van der Waals surface area contributed by atoms with Crippen molar-refractivity contribution in [2.24, 2.45) is 47.3 Å². The van der Waals surface area contributed by atoms with Crippen LogP contribution in [0, 0.1) is 47.3 Å². The van der Waals surface area contributed by atoms with Crippen molar-refractivity contribution in [3.05, 3.63) is 0 Å². The van der Waals surface area contributed by atoms with Gasteiger partial charge in [-0.05, 0) is 80.0 Å². The van der Waals surface area contributed by atoms with Crippen molar-refractivity contribution in [3.63, 3.8) is 0 Å². The van der Waals surface area contributed by atoms with Crippen LogP contribution in [0.1, 0.15) is 59.3 Å². The molecule has 0 aromatic carbocycles. The second kappa shape index (κ2) is 9.54. The lowest BCUT2D eigenvalue weighted by Crippen LogP contribution is -2.42. The van der Waals surface area contributed by atoms with E-state index in [1.807, 2.05) is 6.92 Å². The third-order valence-electron chi connectivity index (χ3n) is 9.10. The van der Waals surface area contributed by atoms with Crippen molar-refractivity contribution >= 4 is 0 Å². The van der Waals surface area contributed by atoms with E-state index in [4.69, 9.17) is 18.9 Å². The molecular formula is C25H44O4. The minimum Gasteiger partial charge on any atom is -0.382 e. The summed E-state index contributed by atoms with van der Waals surface area (Å²) in [5, 5.41) is 0. The minimum atomic E-state index is 0.227. The maximum absolute atomic E-state index is 6.28. The molecule has 0 aromatic heterocycles. The number of fused-ring (bicyclic) bond motifs is 9. The van der Waals surface area contributed by atoms with Gasteiger partial charge >= 0.3 is 0 Å². The lowest BCUT2D eigenvalue weighted by atomic mass is 9.62. The topological polar surface area (TPSA) is 40.2 Å². The van der Waals surface area contributed by atoms with Crippen molar-refractivity contribution in [2.75, 3.05) is 34.0 Å². The van der Waals surface area contributed by atoms with E-state index < -0.39 is 0 Å². The largest absolute Gasteiger partial charge is 0.382 e. The van der Waals surface area contributed by atoms with Crippen molar-refractivity contribution in [1.29, 1.82) is 0 Å². The van der Waals surface area contributed by atoms with Crippen LogP contribution in [-0.4, -0.2) is 52.4 Å². The molecule has 4 nitrogen and oxygen atoms in total. The fourth-order valence-electron chi connectivity index (χ4n) is 7.80. The number of hydrogen-bond donors (Lipinski definition) is 0. The smallest absolute Gasteiger partial charge is 0.104 e. The Labute approximate surface area is 178 Å². The molecule has 11 unspecified atom stereocenters. The molecule has 1 saturated heterocycles. The molecule has 4 aliphatic carbocycles. The molecule has 11 atom stereocenters. The Morgan fingerprint density at radius 1 is 1.03 bits per heavy atom. The van der Waals surface area contributed by atoms with Gasteiger partial charge in [-0.15, -0.1) is 0 Å². The molecule has 1 heterocycles. The highest BCUT2D eigenvalue weighted by Crippen LogP contribution is 2.71. The Morgan fingerprint density at radius 3 is 2.45 bits per heavy atom. The minimum absolute atomic E-state index is 0.227. The SMILES string of the molecule is CCCCC1C(C)C2CC1C1C3CC(OCC4CO4)C(C3)C21.COCC(C)OC. The highest BCUT2D eigenvalue weighted by molar-refractivity contribution is 5.14. The Morgan fingerprint density at radius 2 is 1.83 bits per heavy atom. The number of hydrogen-bond acceptors (Lipinski definition) is 4. The first kappa shape index (κ1) is 22.0. The number of unbranched alkanes of at least 4 members (excludes halogenated alkanes) is 1. The molecular weight excluding hydrogens is 364 g/mol. The molecule has 0 radical (unpaired) electrons. The summed E-state index contributed by atoms with van der Waals surface area (Å²) in [5.41, 5.74) is 0. The Bertz CT molecular complexity index is 521. The molecule has 1 aliphatic heterocycles. The van der Waals surface area contributed by atoms with E-state index in [1.165, 1.54) is 32.1 Å². The summed E-state index contributed by atoms with van der Waals surface area (Å²) in [7, 11) is 3.33. The Hall–Kier alpha value is -0.160. The number of ether oxygens (including phenoxy) is 4. The van der Waals surface area contributed by atoms with Crippen LogP contribution in [0.3, 0.4) is 0 Å². The van der Waals surface area contributed by atoms with Gasteiger partial charge in [0.05, 0.1) is 32.0 Å². The molecule has 4 saturated carbocycles. The standard InChI is InChI=1S/C20H32O2.C5H12O2/c1-3-4-5-14-11(2)15-8-16(14)19-12-6-17(20(15)19)18(7-12)22-10-13-9-21-13;1-5(7-3)4-6-2/h11-20H,3-10H2,1-2H3;5H,4H2,1-3H3. The van der Waals surface area contributed by atoms with Gasteiger partial charge in [-0.2, -0.15) is 0 Å². The Balaban J connectivity index is 0.000000255. The van der Waals surface area contributed by atoms with Gasteiger partial charge < -0.3 is 18.9 Å². The predicted octanol–water partition coefficient (Wildman–Crippen LogP) is 4.80. The maximum Gasteiger partial charge on any atom is 0.104 e. The molecule has 0 aromatic rings. The second-order valence-electron chi connectivity index (χ2n) is 10.6. The van der Waals surface area contributed by atoms with E-state index in [0.29, 0.717) is 18.8 Å². The van der Waals surface area contributed by atoms with Gasteiger partial charge in [-0.3, -0.25) is 0 Å². The molecule has 5 rings (SSSR count). The predicted molar refractivity (Wildman–Crippen MR) is 115 cm³/mol. The van der Waals surface area contributed by atoms with Crippen LogP contribution in [0.5, 0.6) is 0 Å². The molecule has 168 valence electrons. The van der Waals surface area contributed by atoms with Crippen LogP contribution >= 0.6 is 0 Å². The van der Waals surface area contributed by atoms with Crippen LogP contribution in [-0.2, 0) is 18.9 Å². The molecule has 4 heteroatoms. The number of rotatable bonds is 9.